The first-order valence-electron chi connectivity index (χ1n) is 5.73. The van der Waals surface area contributed by atoms with Crippen LogP contribution in [0.1, 0.15) is 5.56 Å². The van der Waals surface area contributed by atoms with Gasteiger partial charge in [0.25, 0.3) is 0 Å². The molecule has 0 bridgehead atoms. The van der Waals surface area contributed by atoms with Crippen molar-refractivity contribution in [3.8, 4) is 5.69 Å². The minimum atomic E-state index is 0.602. The highest BCUT2D eigenvalue weighted by atomic mass is 35.5. The van der Waals surface area contributed by atoms with Crippen LogP contribution in [0.4, 0.5) is 0 Å². The molecular weight excluding hydrogens is 299 g/mol. The van der Waals surface area contributed by atoms with Crippen molar-refractivity contribution in [3.63, 3.8) is 0 Å². The number of aryl methyl sites for hydroxylation is 1. The van der Waals surface area contributed by atoms with Crippen molar-refractivity contribution in [3.05, 3.63) is 56.8 Å². The number of aromatic nitrogens is 2. The summed E-state index contributed by atoms with van der Waals surface area (Å²) >= 11 is 17.7. The lowest BCUT2D eigenvalue weighted by atomic mass is 10.2. The van der Waals surface area contributed by atoms with Crippen LogP contribution in [0.5, 0.6) is 0 Å². The molecule has 3 aromatic rings. The van der Waals surface area contributed by atoms with E-state index in [1.54, 1.807) is 12.1 Å². The third-order valence-corrected chi connectivity index (χ3v) is 3.83. The van der Waals surface area contributed by atoms with Crippen LogP contribution in [0.3, 0.4) is 0 Å². The molecule has 5 heteroatoms. The molecule has 0 atom stereocenters. The van der Waals surface area contributed by atoms with Gasteiger partial charge in [-0.2, -0.15) is 0 Å². The van der Waals surface area contributed by atoms with Crippen LogP contribution in [-0.2, 0) is 0 Å². The van der Waals surface area contributed by atoms with Gasteiger partial charge in [-0.1, -0.05) is 29.3 Å². The van der Waals surface area contributed by atoms with E-state index in [1.165, 1.54) is 5.56 Å². The Hall–Kier alpha value is -1.29. The summed E-state index contributed by atoms with van der Waals surface area (Å²) in [4.78, 5) is 3.19. The zero-order valence-electron chi connectivity index (χ0n) is 10.1. The van der Waals surface area contributed by atoms with E-state index in [0.717, 1.165) is 16.7 Å². The number of hydrogen-bond acceptors (Lipinski definition) is 1. The number of benzene rings is 2. The highest BCUT2D eigenvalue weighted by molar-refractivity contribution is 7.71. The van der Waals surface area contributed by atoms with Crippen molar-refractivity contribution in [2.45, 2.75) is 6.92 Å². The van der Waals surface area contributed by atoms with Gasteiger partial charge in [0.2, 0.25) is 0 Å². The Bertz CT molecular complexity index is 833. The predicted molar refractivity (Wildman–Crippen MR) is 83.2 cm³/mol. The molecule has 0 aliphatic rings. The van der Waals surface area contributed by atoms with Gasteiger partial charge in [0.1, 0.15) is 0 Å². The third-order valence-electron chi connectivity index (χ3n) is 2.99. The molecule has 0 aliphatic carbocycles. The number of H-pyrrole nitrogens is 1. The van der Waals surface area contributed by atoms with Gasteiger partial charge >= 0.3 is 0 Å². The first-order valence-corrected chi connectivity index (χ1v) is 6.89. The van der Waals surface area contributed by atoms with E-state index >= 15 is 0 Å². The van der Waals surface area contributed by atoms with E-state index in [-0.39, 0.29) is 0 Å². The average molecular weight is 309 g/mol. The summed E-state index contributed by atoms with van der Waals surface area (Å²) in [5.74, 6) is 0. The van der Waals surface area contributed by atoms with Gasteiger partial charge in [0.15, 0.2) is 4.77 Å². The molecule has 2 nitrogen and oxygen atoms in total. The van der Waals surface area contributed by atoms with Gasteiger partial charge in [-0.3, -0.25) is 4.57 Å². The number of rotatable bonds is 1. The Morgan fingerprint density at radius 1 is 1.11 bits per heavy atom. The van der Waals surface area contributed by atoms with Crippen molar-refractivity contribution in [1.29, 1.82) is 0 Å². The third kappa shape index (κ3) is 2.18. The van der Waals surface area contributed by atoms with Crippen molar-refractivity contribution in [2.24, 2.45) is 0 Å². The van der Waals surface area contributed by atoms with Crippen molar-refractivity contribution in [2.75, 3.05) is 0 Å². The Morgan fingerprint density at radius 2 is 1.89 bits per heavy atom. The van der Waals surface area contributed by atoms with Crippen LogP contribution < -0.4 is 0 Å². The Labute approximate surface area is 125 Å². The molecule has 19 heavy (non-hydrogen) atoms. The van der Waals surface area contributed by atoms with E-state index in [9.17, 15) is 0 Å². The summed E-state index contributed by atoms with van der Waals surface area (Å²) in [6.45, 7) is 2.04. The van der Waals surface area contributed by atoms with Crippen LogP contribution >= 0.6 is 35.4 Å². The van der Waals surface area contributed by atoms with Gasteiger partial charge in [0, 0.05) is 5.02 Å². The van der Waals surface area contributed by atoms with Crippen LogP contribution in [0, 0.1) is 11.7 Å². The monoisotopic (exact) mass is 308 g/mol. The van der Waals surface area contributed by atoms with Crippen LogP contribution in [0.2, 0.25) is 10.0 Å². The van der Waals surface area contributed by atoms with Crippen LogP contribution in [-0.4, -0.2) is 9.55 Å². The van der Waals surface area contributed by atoms with Gasteiger partial charge in [-0.25, -0.2) is 0 Å². The smallest absolute Gasteiger partial charge is 0.182 e. The van der Waals surface area contributed by atoms with E-state index in [0.29, 0.717) is 14.8 Å². The lowest BCUT2D eigenvalue weighted by Gasteiger charge is -2.07. The zero-order chi connectivity index (χ0) is 13.6. The maximum atomic E-state index is 6.25. The SMILES string of the molecule is Cc1ccc2c(c1)[nH]c(=S)n2-c1cc(Cl)ccc1Cl. The number of nitrogens with zero attached hydrogens (tertiary/aromatic N) is 1. The first kappa shape index (κ1) is 12.7. The maximum Gasteiger partial charge on any atom is 0.182 e. The minimum absolute atomic E-state index is 0.602. The molecule has 0 radical (unpaired) electrons. The van der Waals surface area contributed by atoms with Gasteiger partial charge < -0.3 is 4.98 Å². The Morgan fingerprint density at radius 3 is 2.68 bits per heavy atom. The minimum Gasteiger partial charge on any atom is -0.330 e. The second kappa shape index (κ2) is 4.67. The highest BCUT2D eigenvalue weighted by Gasteiger charge is 2.10. The Balaban J connectivity index is 2.39. The second-order valence-electron chi connectivity index (χ2n) is 4.38. The molecule has 3 rings (SSSR count). The van der Waals surface area contributed by atoms with Gasteiger partial charge in [-0.05, 0) is 55.0 Å². The molecule has 0 spiro atoms. The zero-order valence-corrected chi connectivity index (χ0v) is 12.4. The number of fused-ring (bicyclic) bond motifs is 1. The van der Waals surface area contributed by atoms with Gasteiger partial charge in [-0.15, -0.1) is 0 Å². The molecule has 0 unspecified atom stereocenters. The summed E-state index contributed by atoms with van der Waals surface area (Å²) in [5.41, 5.74) is 3.93. The topological polar surface area (TPSA) is 20.7 Å². The number of hydrogen-bond donors (Lipinski definition) is 1. The molecule has 96 valence electrons. The predicted octanol–water partition coefficient (Wildman–Crippen LogP) is 5.30. The first-order chi connectivity index (χ1) is 9.06. The molecule has 0 saturated heterocycles. The molecular formula is C14H10Cl2N2S. The molecule has 0 fully saturated rings. The fourth-order valence-corrected chi connectivity index (χ4v) is 2.80. The molecule has 0 amide bonds. The fourth-order valence-electron chi connectivity index (χ4n) is 2.12. The quantitative estimate of drug-likeness (QED) is 0.605. The van der Waals surface area contributed by atoms with Gasteiger partial charge in [0.05, 0.1) is 21.7 Å². The van der Waals surface area contributed by atoms with Crippen LogP contribution in [0.15, 0.2) is 36.4 Å². The lowest BCUT2D eigenvalue weighted by Crippen LogP contribution is -1.95. The summed E-state index contributed by atoms with van der Waals surface area (Å²) in [6, 6.07) is 11.5. The molecule has 1 heterocycles. The number of imidazole rings is 1. The molecule has 0 aliphatic heterocycles. The number of halogens is 2. The van der Waals surface area contributed by atoms with E-state index in [4.69, 9.17) is 35.4 Å². The Kier molecular flexibility index (Phi) is 3.13. The number of nitrogens with one attached hydrogen (secondary N) is 1. The average Bonchev–Trinajstić information content (AvgIpc) is 2.67. The van der Waals surface area contributed by atoms with Crippen molar-refractivity contribution in [1.82, 2.24) is 9.55 Å². The standard InChI is InChI=1S/C14H10Cl2N2S/c1-8-2-5-12-11(6-8)17-14(19)18(12)13-7-9(15)3-4-10(13)16/h2-7H,1H3,(H,17,19). The second-order valence-corrected chi connectivity index (χ2v) is 5.61. The lowest BCUT2D eigenvalue weighted by molar-refractivity contribution is 1.07. The normalized spacial score (nSPS) is 11.1. The summed E-state index contributed by atoms with van der Waals surface area (Å²) < 4.78 is 2.50. The number of aromatic amines is 1. The molecule has 0 saturated carbocycles. The summed E-state index contributed by atoms with van der Waals surface area (Å²) in [7, 11) is 0. The van der Waals surface area contributed by atoms with E-state index in [2.05, 4.69) is 11.1 Å². The maximum absolute atomic E-state index is 6.25. The van der Waals surface area contributed by atoms with E-state index < -0.39 is 0 Å². The van der Waals surface area contributed by atoms with E-state index in [1.807, 2.05) is 29.7 Å². The highest BCUT2D eigenvalue weighted by Crippen LogP contribution is 2.28. The summed E-state index contributed by atoms with van der Waals surface area (Å²) in [5, 5.41) is 1.24. The molecule has 1 N–H and O–H groups in total. The van der Waals surface area contributed by atoms with Crippen molar-refractivity contribution >= 4 is 46.5 Å². The fraction of sp³-hybridized carbons (Fsp3) is 0.0714. The van der Waals surface area contributed by atoms with Crippen molar-refractivity contribution < 1.29 is 0 Å². The molecule has 2 aromatic carbocycles. The largest absolute Gasteiger partial charge is 0.330 e. The van der Waals surface area contributed by atoms with Crippen LogP contribution in [0.25, 0.3) is 16.7 Å². The molecule has 1 aromatic heterocycles. The summed E-state index contributed by atoms with van der Waals surface area (Å²) in [6.07, 6.45) is 0.